The molecule has 7 nitrogen and oxygen atoms in total. The first-order valence-electron chi connectivity index (χ1n) is 6.59. The number of para-hydroxylation sites is 1. The summed E-state index contributed by atoms with van der Waals surface area (Å²) in [6.07, 6.45) is 0. The number of fused-ring (bicyclic) bond motifs is 1. The molecule has 0 aliphatic carbocycles. The maximum atomic E-state index is 12.2. The standard InChI is InChI=1S/C15H11BrN6O/c16-9-3-1-2-4-10(9)19-15(23)20-11-6-5-8(7-17)12-13(11)22-14(18)21-12/h1-6H,(H3,18,21,22)(H2,19,20,23). The number of urea groups is 1. The quantitative estimate of drug-likeness (QED) is 0.552. The summed E-state index contributed by atoms with van der Waals surface area (Å²) in [7, 11) is 0. The van der Waals surface area contributed by atoms with Gasteiger partial charge in [-0.3, -0.25) is 0 Å². The van der Waals surface area contributed by atoms with E-state index in [4.69, 9.17) is 11.0 Å². The number of aromatic amines is 1. The Hall–Kier alpha value is -3.05. The van der Waals surface area contributed by atoms with E-state index in [9.17, 15) is 4.79 Å². The van der Waals surface area contributed by atoms with E-state index in [0.717, 1.165) is 4.47 Å². The molecule has 5 N–H and O–H groups in total. The lowest BCUT2D eigenvalue weighted by Gasteiger charge is -2.09. The molecule has 0 bridgehead atoms. The van der Waals surface area contributed by atoms with Crippen molar-refractivity contribution in [1.82, 2.24) is 9.97 Å². The van der Waals surface area contributed by atoms with Gasteiger partial charge in [-0.15, -0.1) is 0 Å². The molecule has 2 amide bonds. The van der Waals surface area contributed by atoms with Gasteiger partial charge in [0, 0.05) is 4.47 Å². The van der Waals surface area contributed by atoms with Crippen molar-refractivity contribution in [1.29, 1.82) is 5.26 Å². The SMILES string of the molecule is N#Cc1ccc(NC(=O)Nc2ccccc2Br)c2[nH]c(N)nc12. The van der Waals surface area contributed by atoms with Crippen LogP contribution in [0.15, 0.2) is 40.9 Å². The van der Waals surface area contributed by atoms with Crippen LogP contribution in [-0.4, -0.2) is 16.0 Å². The first-order valence-corrected chi connectivity index (χ1v) is 7.38. The molecule has 0 saturated carbocycles. The lowest BCUT2D eigenvalue weighted by molar-refractivity contribution is 0.262. The first-order chi connectivity index (χ1) is 11.1. The number of nitrogens with two attached hydrogens (primary N) is 1. The molecule has 0 radical (unpaired) electrons. The number of nitrogen functional groups attached to an aromatic ring is 1. The van der Waals surface area contributed by atoms with Crippen molar-refractivity contribution in [2.24, 2.45) is 0 Å². The van der Waals surface area contributed by atoms with Crippen LogP contribution in [0.3, 0.4) is 0 Å². The molecule has 1 heterocycles. The molecule has 8 heteroatoms. The second-order valence-corrected chi connectivity index (χ2v) is 5.53. The highest BCUT2D eigenvalue weighted by Crippen LogP contribution is 2.26. The fourth-order valence-corrected chi connectivity index (χ4v) is 2.53. The summed E-state index contributed by atoms with van der Waals surface area (Å²) in [6, 6.07) is 12.1. The normalized spacial score (nSPS) is 10.3. The van der Waals surface area contributed by atoms with Crippen LogP contribution in [0.1, 0.15) is 5.56 Å². The smallest absolute Gasteiger partial charge is 0.323 e. The topological polar surface area (TPSA) is 120 Å². The molecule has 0 fully saturated rings. The number of H-pyrrole nitrogens is 1. The third-order valence-electron chi connectivity index (χ3n) is 3.15. The van der Waals surface area contributed by atoms with Gasteiger partial charge in [-0.1, -0.05) is 12.1 Å². The number of nitriles is 1. The van der Waals surface area contributed by atoms with E-state index < -0.39 is 6.03 Å². The number of carbonyl (C=O) groups excluding carboxylic acids is 1. The van der Waals surface area contributed by atoms with E-state index in [1.54, 1.807) is 18.2 Å². The number of hydrogen-bond donors (Lipinski definition) is 4. The van der Waals surface area contributed by atoms with E-state index in [0.29, 0.717) is 28.0 Å². The number of aromatic nitrogens is 2. The Bertz CT molecular complexity index is 943. The number of carbonyl (C=O) groups is 1. The average molecular weight is 371 g/mol. The summed E-state index contributed by atoms with van der Waals surface area (Å²) in [5.74, 6) is 0.178. The van der Waals surface area contributed by atoms with E-state index in [-0.39, 0.29) is 5.95 Å². The van der Waals surface area contributed by atoms with Crippen molar-refractivity contribution in [2.45, 2.75) is 0 Å². The Morgan fingerprint density at radius 2 is 1.96 bits per heavy atom. The van der Waals surface area contributed by atoms with Crippen molar-refractivity contribution in [3.05, 3.63) is 46.4 Å². The molecule has 3 rings (SSSR count). The maximum absolute atomic E-state index is 12.2. The number of amides is 2. The van der Waals surface area contributed by atoms with Crippen LogP contribution >= 0.6 is 15.9 Å². The maximum Gasteiger partial charge on any atom is 0.323 e. The zero-order valence-electron chi connectivity index (χ0n) is 11.7. The van der Waals surface area contributed by atoms with Crippen LogP contribution in [0.25, 0.3) is 11.0 Å². The average Bonchev–Trinajstić information content (AvgIpc) is 2.92. The number of nitrogens with zero attached hydrogens (tertiary/aromatic N) is 2. The van der Waals surface area contributed by atoms with Gasteiger partial charge in [0.15, 0.2) is 5.95 Å². The van der Waals surface area contributed by atoms with Gasteiger partial charge in [-0.05, 0) is 40.2 Å². The molecule has 0 saturated heterocycles. The minimum atomic E-state index is -0.420. The Morgan fingerprint density at radius 1 is 1.22 bits per heavy atom. The van der Waals surface area contributed by atoms with E-state index in [2.05, 4.69) is 36.5 Å². The Kier molecular flexibility index (Phi) is 3.87. The number of hydrogen-bond acceptors (Lipinski definition) is 4. The fraction of sp³-hybridized carbons (Fsp3) is 0. The van der Waals surface area contributed by atoms with Gasteiger partial charge >= 0.3 is 6.03 Å². The summed E-state index contributed by atoms with van der Waals surface area (Å²) in [4.78, 5) is 19.1. The largest absolute Gasteiger partial charge is 0.369 e. The van der Waals surface area contributed by atoms with Crippen LogP contribution in [0.5, 0.6) is 0 Å². The summed E-state index contributed by atoms with van der Waals surface area (Å²) < 4.78 is 0.769. The lowest BCUT2D eigenvalue weighted by atomic mass is 10.2. The molecule has 0 atom stereocenters. The third-order valence-corrected chi connectivity index (χ3v) is 3.85. The van der Waals surface area contributed by atoms with Gasteiger partial charge in [0.05, 0.1) is 22.5 Å². The summed E-state index contributed by atoms with van der Waals surface area (Å²) >= 11 is 3.36. The molecule has 3 aromatic rings. The molecule has 0 spiro atoms. The highest BCUT2D eigenvalue weighted by atomic mass is 79.9. The lowest BCUT2D eigenvalue weighted by Crippen LogP contribution is -2.19. The second-order valence-electron chi connectivity index (χ2n) is 4.68. The number of rotatable bonds is 2. The van der Waals surface area contributed by atoms with Gasteiger partial charge in [0.2, 0.25) is 0 Å². The summed E-state index contributed by atoms with van der Waals surface area (Å²) in [6.45, 7) is 0. The van der Waals surface area contributed by atoms with Gasteiger partial charge in [0.25, 0.3) is 0 Å². The van der Waals surface area contributed by atoms with Crippen LogP contribution in [0, 0.1) is 11.3 Å². The van der Waals surface area contributed by atoms with Crippen LogP contribution in [0.2, 0.25) is 0 Å². The number of benzene rings is 2. The van der Waals surface area contributed by atoms with Gasteiger partial charge < -0.3 is 21.4 Å². The molecule has 23 heavy (non-hydrogen) atoms. The van der Waals surface area contributed by atoms with Crippen LogP contribution < -0.4 is 16.4 Å². The number of halogens is 1. The molecule has 0 aliphatic rings. The van der Waals surface area contributed by atoms with E-state index in [1.165, 1.54) is 0 Å². The predicted molar refractivity (Wildman–Crippen MR) is 92.0 cm³/mol. The minimum Gasteiger partial charge on any atom is -0.369 e. The third kappa shape index (κ3) is 2.95. The molecule has 114 valence electrons. The summed E-state index contributed by atoms with van der Waals surface area (Å²) in [5, 5.41) is 14.5. The van der Waals surface area contributed by atoms with Crippen molar-refractivity contribution in [3.8, 4) is 6.07 Å². The molecule has 2 aromatic carbocycles. The summed E-state index contributed by atoms with van der Waals surface area (Å²) in [5.41, 5.74) is 8.07. The zero-order valence-corrected chi connectivity index (χ0v) is 13.3. The molecule has 0 aliphatic heterocycles. The van der Waals surface area contributed by atoms with Crippen LogP contribution in [0.4, 0.5) is 22.1 Å². The van der Waals surface area contributed by atoms with Gasteiger partial charge in [-0.2, -0.15) is 5.26 Å². The molecule has 1 aromatic heterocycles. The Balaban J connectivity index is 1.89. The van der Waals surface area contributed by atoms with E-state index in [1.807, 2.05) is 24.3 Å². The predicted octanol–water partition coefficient (Wildman–Crippen LogP) is 3.42. The highest BCUT2D eigenvalue weighted by Gasteiger charge is 2.13. The molecular formula is C15H11BrN6O. The fourth-order valence-electron chi connectivity index (χ4n) is 2.14. The first kappa shape index (κ1) is 14.9. The van der Waals surface area contributed by atoms with Crippen molar-refractivity contribution < 1.29 is 4.79 Å². The number of anilines is 3. The number of nitrogens with one attached hydrogen (secondary N) is 3. The van der Waals surface area contributed by atoms with Gasteiger partial charge in [-0.25, -0.2) is 9.78 Å². The highest BCUT2D eigenvalue weighted by molar-refractivity contribution is 9.10. The van der Waals surface area contributed by atoms with Crippen molar-refractivity contribution in [2.75, 3.05) is 16.4 Å². The number of imidazole rings is 1. The second kappa shape index (κ2) is 5.98. The minimum absolute atomic E-state index is 0.178. The van der Waals surface area contributed by atoms with Crippen LogP contribution in [-0.2, 0) is 0 Å². The van der Waals surface area contributed by atoms with Gasteiger partial charge in [0.1, 0.15) is 11.6 Å². The van der Waals surface area contributed by atoms with Crippen molar-refractivity contribution >= 4 is 50.3 Å². The zero-order chi connectivity index (χ0) is 16.4. The molecular weight excluding hydrogens is 360 g/mol. The Morgan fingerprint density at radius 3 is 2.70 bits per heavy atom. The monoisotopic (exact) mass is 370 g/mol. The van der Waals surface area contributed by atoms with Crippen molar-refractivity contribution in [3.63, 3.8) is 0 Å². The Labute approximate surface area is 139 Å². The molecule has 0 unspecified atom stereocenters. The van der Waals surface area contributed by atoms with E-state index >= 15 is 0 Å².